The molecule has 2 saturated carbocycles. The minimum Gasteiger partial charge on any atom is -0.459 e. The Labute approximate surface area is 466 Å². The van der Waals surface area contributed by atoms with Crippen LogP contribution in [-0.2, 0) is 45.0 Å². The monoisotopic (exact) mass is 1180 g/mol. The normalized spacial score (nSPS) is 22.4. The van der Waals surface area contributed by atoms with Crippen molar-refractivity contribution < 1.29 is 59.4 Å². The molecule has 4 atom stereocenters. The highest BCUT2D eigenvalue weighted by Crippen LogP contribution is 2.47. The molecule has 23 heteroatoms. The van der Waals surface area contributed by atoms with Gasteiger partial charge in [-0.1, -0.05) is 61.0 Å². The van der Waals surface area contributed by atoms with Crippen molar-refractivity contribution in [3.63, 3.8) is 0 Å². The first-order valence-corrected chi connectivity index (χ1v) is 46.6. The van der Waals surface area contributed by atoms with Crippen LogP contribution in [0.15, 0.2) is 12.7 Å². The summed E-state index contributed by atoms with van der Waals surface area (Å²) < 4.78 is 50.8. The summed E-state index contributed by atoms with van der Waals surface area (Å²) in [6.45, 7) is 49.2. The lowest BCUT2D eigenvalue weighted by Crippen LogP contribution is -2.53. The van der Waals surface area contributed by atoms with E-state index in [-0.39, 0.29) is 60.7 Å². The number of nitrogens with one attached hydrogen (secondary N) is 4. The van der Waals surface area contributed by atoms with Crippen molar-refractivity contribution in [2.24, 2.45) is 27.1 Å². The van der Waals surface area contributed by atoms with Crippen LogP contribution < -0.4 is 21.3 Å². The van der Waals surface area contributed by atoms with Gasteiger partial charge < -0.3 is 56.7 Å². The van der Waals surface area contributed by atoms with E-state index in [9.17, 15) is 24.0 Å². The molecule has 17 nitrogen and oxygen atoms in total. The number of esters is 1. The quantitative estimate of drug-likeness (QED) is 0.0174. The summed E-state index contributed by atoms with van der Waals surface area (Å²) in [6, 6.07) is 1.02. The topological polar surface area (TPSA) is 207 Å². The molecule has 0 bridgehead atoms. The van der Waals surface area contributed by atoms with Crippen molar-refractivity contribution >= 4 is 80.5 Å². The van der Waals surface area contributed by atoms with Gasteiger partial charge in [0.2, 0.25) is 5.91 Å². The number of ether oxygens (including phenoxy) is 4. The Kier molecular flexibility index (Phi) is 25.6. The first-order valence-electron chi connectivity index (χ1n) is 27.9. The summed E-state index contributed by atoms with van der Waals surface area (Å²) in [4.78, 5) is 64.6. The Hall–Kier alpha value is -2.37. The van der Waals surface area contributed by atoms with Crippen LogP contribution in [0, 0.1) is 27.1 Å². The third-order valence-corrected chi connectivity index (χ3v) is 32.7. The van der Waals surface area contributed by atoms with Crippen molar-refractivity contribution in [2.75, 3.05) is 39.5 Å². The number of alkyl carbamates (subject to hydrolysis) is 3. The van der Waals surface area contributed by atoms with E-state index >= 15 is 0 Å². The Morgan fingerprint density at radius 1 is 0.526 bits per heavy atom. The molecule has 0 aromatic heterocycles. The van der Waals surface area contributed by atoms with Gasteiger partial charge in [0.25, 0.3) is 0 Å². The fourth-order valence-corrected chi connectivity index (χ4v) is 37.5. The number of rotatable bonds is 30. The first-order chi connectivity index (χ1) is 34.3. The molecular weight excluding hydrogens is 1070 g/mol. The van der Waals surface area contributed by atoms with Crippen molar-refractivity contribution in [1.82, 2.24) is 21.3 Å². The maximum atomic E-state index is 14.2. The lowest BCUT2D eigenvalue weighted by molar-refractivity contribution is -0.138. The van der Waals surface area contributed by atoms with E-state index in [1.54, 1.807) is 0 Å². The summed E-state index contributed by atoms with van der Waals surface area (Å²) in [5.41, 5.74) is -1.71. The maximum Gasteiger partial charge on any atom is 0.407 e. The number of carbonyl (C=O) groups is 5. The van der Waals surface area contributed by atoms with Crippen LogP contribution in [0.4, 0.5) is 14.4 Å². The highest BCUT2D eigenvalue weighted by atomic mass is 28.5. The lowest BCUT2D eigenvalue weighted by atomic mass is 9.62. The molecule has 0 spiro atoms. The molecule has 4 unspecified atom stereocenters. The minimum absolute atomic E-state index is 0.00147. The van der Waals surface area contributed by atoms with E-state index < -0.39 is 85.5 Å². The first kappa shape index (κ1) is 69.7. The highest BCUT2D eigenvalue weighted by Gasteiger charge is 2.47. The molecule has 0 aliphatic heterocycles. The molecule has 442 valence electrons. The Morgan fingerprint density at radius 3 is 1.25 bits per heavy atom. The van der Waals surface area contributed by atoms with Crippen molar-refractivity contribution in [1.29, 1.82) is 0 Å². The van der Waals surface area contributed by atoms with E-state index in [1.165, 1.54) is 6.92 Å². The predicted octanol–water partition coefficient (Wildman–Crippen LogP) is 12.3. The van der Waals surface area contributed by atoms with Crippen molar-refractivity contribution in [2.45, 2.75) is 229 Å². The van der Waals surface area contributed by atoms with E-state index in [0.717, 1.165) is 37.4 Å². The molecule has 0 aromatic carbocycles. The maximum absolute atomic E-state index is 14.2. The molecule has 4 N–H and O–H groups in total. The van der Waals surface area contributed by atoms with Gasteiger partial charge in [-0.2, -0.15) is 0 Å². The van der Waals surface area contributed by atoms with Gasteiger partial charge in [-0.3, -0.25) is 4.79 Å². The average molecular weight is 1180 g/mol. The summed E-state index contributed by atoms with van der Waals surface area (Å²) in [5, 5.41) is 12.3. The van der Waals surface area contributed by atoms with Gasteiger partial charge in [-0.05, 0) is 177 Å². The third-order valence-electron chi connectivity index (χ3n) is 13.5. The Morgan fingerprint density at radius 2 is 0.882 bits per heavy atom. The molecule has 76 heavy (non-hydrogen) atoms. The van der Waals surface area contributed by atoms with Gasteiger partial charge in [0, 0.05) is 43.6 Å². The molecule has 0 heterocycles. The molecule has 0 aromatic rings. The average Bonchev–Trinajstić information content (AvgIpc) is 3.17. The van der Waals surface area contributed by atoms with Gasteiger partial charge in [0.15, 0.2) is 33.3 Å². The molecule has 2 rings (SSSR count). The molecule has 0 radical (unpaired) electrons. The molecular formula is C53H108N4O13Si6. The number of carbonyl (C=O) groups excluding carboxylic acids is 5. The van der Waals surface area contributed by atoms with E-state index in [4.69, 9.17) is 35.4 Å². The van der Waals surface area contributed by atoms with Crippen LogP contribution in [0.1, 0.15) is 113 Å². The number of hydrogen-bond donors (Lipinski definition) is 4. The minimum atomic E-state index is -2.70. The fourth-order valence-electron chi connectivity index (χ4n) is 12.5. The van der Waals surface area contributed by atoms with Crippen LogP contribution in [0.2, 0.25) is 104 Å². The zero-order valence-electron chi connectivity index (χ0n) is 51.5. The Bertz CT molecular complexity index is 1860. The van der Waals surface area contributed by atoms with Crippen LogP contribution in [0.3, 0.4) is 0 Å². The molecule has 2 aliphatic carbocycles. The van der Waals surface area contributed by atoms with Crippen LogP contribution in [0.5, 0.6) is 0 Å². The Balaban J connectivity index is 2.55. The SMILES string of the molecule is C=CC(=O)OCCOC(=O)NC1CC(C)(C)CC(C)(CNC(=O)OCC(CCC[Si](C)(O[Si](C)(C)C)O[Si](C)(C)C)(CCC[Si](C)(O[Si](C)(C)C)O[Si](C)(C)C)COC(=O)NC2CC(C)(C)CC(C)(CNC(C)=O)C2)C1. The predicted molar refractivity (Wildman–Crippen MR) is 319 cm³/mol. The second-order valence-electron chi connectivity index (χ2n) is 29.1. The molecule has 2 fully saturated rings. The van der Waals surface area contributed by atoms with Gasteiger partial charge in [0.05, 0.1) is 0 Å². The van der Waals surface area contributed by atoms with Crippen molar-refractivity contribution in [3.8, 4) is 0 Å². The number of hydrogen-bond acceptors (Lipinski definition) is 13. The highest BCUT2D eigenvalue weighted by molar-refractivity contribution is 6.88. The van der Waals surface area contributed by atoms with Gasteiger partial charge >= 0.3 is 41.4 Å². The summed E-state index contributed by atoms with van der Waals surface area (Å²) in [6.07, 6.45) is 6.28. The second kappa shape index (κ2) is 27.9. The van der Waals surface area contributed by atoms with E-state index in [1.807, 2.05) is 0 Å². The standard InChI is InChI=1S/C53H108N4O13Si6/c1-23-45(59)63-28-29-64-47(61)56-43-32-50(5,6)37-52(8,35-43)39-55-46(60)65-40-53(26-24-30-75(21,67-71(9,10)11)68-72(12,13)14,27-25-31-76(22,69-73(15,16)17)70-74(18,19)20)41-66-48(62)57-44-33-49(3,4)36-51(7,34-44)38-54-42(2)58/h23,43-44H,1,24-41H2,2-22H3,(H,54,58)(H,55,60)(H,56,61)(H,57,62). The van der Waals surface area contributed by atoms with Crippen LogP contribution >= 0.6 is 0 Å². The summed E-state index contributed by atoms with van der Waals surface area (Å²) in [5.74, 6) is -0.674. The van der Waals surface area contributed by atoms with Gasteiger partial charge in [-0.25, -0.2) is 19.2 Å². The molecule has 0 saturated heterocycles. The summed E-state index contributed by atoms with van der Waals surface area (Å²) in [7, 11) is -13.5. The van der Waals surface area contributed by atoms with Gasteiger partial charge in [-0.15, -0.1) is 0 Å². The smallest absolute Gasteiger partial charge is 0.407 e. The van der Waals surface area contributed by atoms with Crippen molar-refractivity contribution in [3.05, 3.63) is 12.7 Å². The van der Waals surface area contributed by atoms with Crippen LogP contribution in [-0.4, -0.2) is 132 Å². The van der Waals surface area contributed by atoms with E-state index in [2.05, 4.69) is 161 Å². The molecule has 4 amide bonds. The van der Waals surface area contributed by atoms with Gasteiger partial charge in [0.1, 0.15) is 26.4 Å². The third kappa shape index (κ3) is 29.2. The van der Waals surface area contributed by atoms with E-state index in [0.29, 0.717) is 58.0 Å². The molecule has 2 aliphatic rings. The van der Waals surface area contributed by atoms with Crippen LogP contribution in [0.25, 0.3) is 0 Å². The summed E-state index contributed by atoms with van der Waals surface area (Å²) >= 11 is 0. The largest absolute Gasteiger partial charge is 0.459 e. The lowest BCUT2D eigenvalue weighted by Gasteiger charge is -2.47. The zero-order valence-corrected chi connectivity index (χ0v) is 57.5. The number of amides is 4. The second-order valence-corrected chi connectivity index (χ2v) is 54.8. The fraction of sp³-hybridized carbons (Fsp3) is 0.868. The zero-order chi connectivity index (χ0) is 58.5.